The average molecular weight is 302 g/mol. The lowest BCUT2D eigenvalue weighted by atomic mass is 9.78. The van der Waals surface area contributed by atoms with Crippen molar-refractivity contribution in [2.24, 2.45) is 11.8 Å². The molecule has 2 aliphatic heterocycles. The molecule has 4 nitrogen and oxygen atoms in total. The van der Waals surface area contributed by atoms with Crippen molar-refractivity contribution in [2.45, 2.75) is 25.5 Å². The summed E-state index contributed by atoms with van der Waals surface area (Å²) >= 11 is 0. The summed E-state index contributed by atoms with van der Waals surface area (Å²) in [4.78, 5) is 16.7. The molecule has 1 amide bonds. The Bertz CT molecular complexity index is 503. The van der Waals surface area contributed by atoms with Crippen LogP contribution < -0.4 is 0 Å². The molecule has 0 N–H and O–H groups in total. The smallest absolute Gasteiger partial charge is 0.225 e. The van der Waals surface area contributed by atoms with Crippen molar-refractivity contribution in [3.8, 4) is 0 Å². The monoisotopic (exact) mass is 302 g/mol. The van der Waals surface area contributed by atoms with E-state index in [1.807, 2.05) is 14.1 Å². The fourth-order valence-corrected chi connectivity index (χ4v) is 3.81. The lowest BCUT2D eigenvalue weighted by molar-refractivity contribution is -0.149. The quantitative estimate of drug-likeness (QED) is 0.856. The minimum absolute atomic E-state index is 0.118. The lowest BCUT2D eigenvalue weighted by Crippen LogP contribution is -2.52. The van der Waals surface area contributed by atoms with E-state index in [0.717, 1.165) is 39.1 Å². The Morgan fingerprint density at radius 3 is 2.77 bits per heavy atom. The van der Waals surface area contributed by atoms with Crippen LogP contribution in [0.4, 0.5) is 0 Å². The molecule has 0 bridgehead atoms. The number of nitrogens with zero attached hydrogens (tertiary/aromatic N) is 2. The molecule has 2 heterocycles. The molecule has 3 atom stereocenters. The Balaban J connectivity index is 1.68. The van der Waals surface area contributed by atoms with E-state index >= 15 is 0 Å². The largest absolute Gasteiger partial charge is 0.378 e. The van der Waals surface area contributed by atoms with Crippen LogP contribution in [0.15, 0.2) is 30.3 Å². The molecule has 2 saturated heterocycles. The highest BCUT2D eigenvalue weighted by molar-refractivity contribution is 5.78. The number of hydrogen-bond donors (Lipinski definition) is 0. The second-order valence-corrected chi connectivity index (χ2v) is 6.71. The molecule has 120 valence electrons. The van der Waals surface area contributed by atoms with Gasteiger partial charge in [-0.25, -0.2) is 0 Å². The predicted molar refractivity (Wildman–Crippen MR) is 86.4 cm³/mol. The van der Waals surface area contributed by atoms with E-state index in [9.17, 15) is 4.79 Å². The van der Waals surface area contributed by atoms with Gasteiger partial charge in [-0.05, 0) is 18.4 Å². The van der Waals surface area contributed by atoms with E-state index in [0.29, 0.717) is 5.92 Å². The summed E-state index contributed by atoms with van der Waals surface area (Å²) in [7, 11) is 3.72. The zero-order valence-corrected chi connectivity index (χ0v) is 13.6. The number of benzene rings is 1. The van der Waals surface area contributed by atoms with Crippen LogP contribution >= 0.6 is 0 Å². The topological polar surface area (TPSA) is 32.8 Å². The van der Waals surface area contributed by atoms with Crippen molar-refractivity contribution in [1.29, 1.82) is 0 Å². The molecule has 0 unspecified atom stereocenters. The molecule has 4 heteroatoms. The van der Waals surface area contributed by atoms with Crippen molar-refractivity contribution in [3.05, 3.63) is 35.9 Å². The van der Waals surface area contributed by atoms with Gasteiger partial charge in [0.2, 0.25) is 5.91 Å². The first kappa shape index (κ1) is 15.5. The van der Waals surface area contributed by atoms with E-state index in [2.05, 4.69) is 35.2 Å². The van der Waals surface area contributed by atoms with Gasteiger partial charge in [-0.3, -0.25) is 9.69 Å². The Kier molecular flexibility index (Phi) is 4.79. The second-order valence-electron chi connectivity index (χ2n) is 6.71. The standard InChI is InChI=1S/C18H26N2O2/c1-19(2)18(21)15-9-11-22-17-8-10-20(13-16(15)17)12-14-6-4-3-5-7-14/h3-7,15-17H,8-13H2,1-2H3/t15-,16-,17-/m1/s1. The Hall–Kier alpha value is -1.39. The Morgan fingerprint density at radius 2 is 2.05 bits per heavy atom. The van der Waals surface area contributed by atoms with Gasteiger partial charge in [0.25, 0.3) is 0 Å². The SMILES string of the molecule is CN(C)C(=O)[C@@H]1CCO[C@@H]2CCN(Cc3ccccc3)C[C@@H]21. The van der Waals surface area contributed by atoms with Gasteiger partial charge in [0, 0.05) is 52.2 Å². The van der Waals surface area contributed by atoms with Gasteiger partial charge in [0.1, 0.15) is 0 Å². The maximum absolute atomic E-state index is 12.5. The zero-order valence-electron chi connectivity index (χ0n) is 13.6. The minimum atomic E-state index is 0.118. The van der Waals surface area contributed by atoms with E-state index in [1.165, 1.54) is 5.56 Å². The summed E-state index contributed by atoms with van der Waals surface area (Å²) in [5.74, 6) is 0.716. The fourth-order valence-electron chi connectivity index (χ4n) is 3.81. The zero-order chi connectivity index (χ0) is 15.5. The first-order chi connectivity index (χ1) is 10.6. The van der Waals surface area contributed by atoms with Crippen molar-refractivity contribution in [1.82, 2.24) is 9.80 Å². The van der Waals surface area contributed by atoms with E-state index in [1.54, 1.807) is 4.90 Å². The van der Waals surface area contributed by atoms with Crippen LogP contribution in [-0.4, -0.2) is 55.6 Å². The van der Waals surface area contributed by atoms with Crippen LogP contribution in [0.3, 0.4) is 0 Å². The van der Waals surface area contributed by atoms with Crippen LogP contribution in [0.25, 0.3) is 0 Å². The number of rotatable bonds is 3. The van der Waals surface area contributed by atoms with Crippen LogP contribution in [0.5, 0.6) is 0 Å². The van der Waals surface area contributed by atoms with Gasteiger partial charge in [-0.1, -0.05) is 30.3 Å². The molecule has 3 rings (SSSR count). The first-order valence-electron chi connectivity index (χ1n) is 8.24. The fraction of sp³-hybridized carbons (Fsp3) is 0.611. The highest BCUT2D eigenvalue weighted by atomic mass is 16.5. The first-order valence-corrected chi connectivity index (χ1v) is 8.24. The van der Waals surface area contributed by atoms with Crippen molar-refractivity contribution in [2.75, 3.05) is 33.8 Å². The Morgan fingerprint density at radius 1 is 1.27 bits per heavy atom. The van der Waals surface area contributed by atoms with Gasteiger partial charge in [-0.15, -0.1) is 0 Å². The van der Waals surface area contributed by atoms with Crippen LogP contribution in [0.2, 0.25) is 0 Å². The van der Waals surface area contributed by atoms with E-state index in [4.69, 9.17) is 4.74 Å². The van der Waals surface area contributed by atoms with Crippen molar-refractivity contribution < 1.29 is 9.53 Å². The maximum Gasteiger partial charge on any atom is 0.225 e. The number of ether oxygens (including phenoxy) is 1. The van der Waals surface area contributed by atoms with Gasteiger partial charge >= 0.3 is 0 Å². The maximum atomic E-state index is 12.5. The molecular formula is C18H26N2O2. The van der Waals surface area contributed by atoms with Gasteiger partial charge in [-0.2, -0.15) is 0 Å². The average Bonchev–Trinajstić information content (AvgIpc) is 2.54. The highest BCUT2D eigenvalue weighted by Gasteiger charge is 2.42. The van der Waals surface area contributed by atoms with Crippen LogP contribution in [0, 0.1) is 11.8 Å². The third-order valence-corrected chi connectivity index (χ3v) is 4.96. The predicted octanol–water partition coefficient (Wildman–Crippen LogP) is 2.00. The molecule has 2 aliphatic rings. The number of amides is 1. The molecule has 0 aliphatic carbocycles. The molecule has 0 spiro atoms. The number of carbonyl (C=O) groups excluding carboxylic acids is 1. The van der Waals surface area contributed by atoms with E-state index < -0.39 is 0 Å². The number of piperidine rings is 1. The summed E-state index contributed by atoms with van der Waals surface area (Å²) in [6.07, 6.45) is 2.15. The molecular weight excluding hydrogens is 276 g/mol. The lowest BCUT2D eigenvalue weighted by Gasteiger charge is -2.45. The van der Waals surface area contributed by atoms with E-state index in [-0.39, 0.29) is 17.9 Å². The normalized spacial score (nSPS) is 28.9. The second kappa shape index (κ2) is 6.80. The van der Waals surface area contributed by atoms with Gasteiger partial charge in [0.05, 0.1) is 6.10 Å². The molecule has 1 aromatic rings. The van der Waals surface area contributed by atoms with Crippen molar-refractivity contribution >= 4 is 5.91 Å². The Labute approximate surface area is 133 Å². The van der Waals surface area contributed by atoms with Crippen LogP contribution in [0.1, 0.15) is 18.4 Å². The summed E-state index contributed by atoms with van der Waals surface area (Å²) in [5.41, 5.74) is 1.34. The molecule has 0 saturated carbocycles. The summed E-state index contributed by atoms with van der Waals surface area (Å²) in [5, 5.41) is 0. The molecule has 0 aromatic heterocycles. The third-order valence-electron chi connectivity index (χ3n) is 4.96. The highest BCUT2D eigenvalue weighted by Crippen LogP contribution is 2.34. The molecule has 2 fully saturated rings. The van der Waals surface area contributed by atoms with Crippen molar-refractivity contribution in [3.63, 3.8) is 0 Å². The third kappa shape index (κ3) is 3.33. The molecule has 0 radical (unpaired) electrons. The number of likely N-dealkylation sites (tertiary alicyclic amines) is 1. The summed E-state index contributed by atoms with van der Waals surface area (Å²) in [6.45, 7) is 3.71. The molecule has 1 aromatic carbocycles. The number of hydrogen-bond acceptors (Lipinski definition) is 3. The van der Waals surface area contributed by atoms with Gasteiger partial charge < -0.3 is 9.64 Å². The van der Waals surface area contributed by atoms with Crippen LogP contribution in [-0.2, 0) is 16.1 Å². The molecule has 22 heavy (non-hydrogen) atoms. The number of fused-ring (bicyclic) bond motifs is 1. The minimum Gasteiger partial charge on any atom is -0.378 e. The summed E-state index contributed by atoms with van der Waals surface area (Å²) in [6, 6.07) is 10.6. The number of carbonyl (C=O) groups is 1. The van der Waals surface area contributed by atoms with Gasteiger partial charge in [0.15, 0.2) is 0 Å². The summed E-state index contributed by atoms with van der Waals surface area (Å²) < 4.78 is 5.94.